The fourth-order valence-electron chi connectivity index (χ4n) is 2.12. The second kappa shape index (κ2) is 5.76. The van der Waals surface area contributed by atoms with E-state index in [0.717, 1.165) is 0 Å². The third kappa shape index (κ3) is 2.71. The Labute approximate surface area is 126 Å². The number of amides is 1. The minimum absolute atomic E-state index is 0.306. The molecular formula is C14H14N4O4. The van der Waals surface area contributed by atoms with Crippen molar-refractivity contribution in [1.29, 1.82) is 0 Å². The van der Waals surface area contributed by atoms with Crippen molar-refractivity contribution >= 4 is 17.6 Å². The number of carbonyl (C=O) groups is 1. The van der Waals surface area contributed by atoms with Crippen LogP contribution in [0.15, 0.2) is 30.6 Å². The second-order valence-electron chi connectivity index (χ2n) is 4.51. The Kier molecular flexibility index (Phi) is 3.65. The number of fused-ring (bicyclic) bond motifs is 1. The molecule has 0 saturated heterocycles. The summed E-state index contributed by atoms with van der Waals surface area (Å²) in [7, 11) is 1.75. The second-order valence-corrected chi connectivity index (χ2v) is 4.51. The molecule has 8 heteroatoms. The molecule has 2 N–H and O–H groups in total. The van der Waals surface area contributed by atoms with Gasteiger partial charge in [0.05, 0.1) is 12.2 Å². The van der Waals surface area contributed by atoms with Gasteiger partial charge in [0, 0.05) is 19.2 Å². The molecule has 1 aromatic heterocycles. The molecule has 3 rings (SSSR count). The molecule has 0 radical (unpaired) electrons. The van der Waals surface area contributed by atoms with E-state index in [0.29, 0.717) is 42.0 Å². The molecular weight excluding hydrogens is 288 g/mol. The average molecular weight is 302 g/mol. The van der Waals surface area contributed by atoms with Gasteiger partial charge < -0.3 is 19.9 Å². The summed E-state index contributed by atoms with van der Waals surface area (Å²) in [4.78, 5) is 20.4. The number of rotatable bonds is 3. The van der Waals surface area contributed by atoms with Gasteiger partial charge in [-0.05, 0) is 12.1 Å². The van der Waals surface area contributed by atoms with Gasteiger partial charge in [-0.1, -0.05) is 0 Å². The molecule has 1 amide bonds. The molecule has 0 atom stereocenters. The van der Waals surface area contributed by atoms with Crippen LogP contribution in [0.1, 0.15) is 0 Å². The lowest BCUT2D eigenvalue weighted by Crippen LogP contribution is -2.36. The highest BCUT2D eigenvalue weighted by Gasteiger charge is 2.23. The number of hydrogen-bond acceptors (Lipinski definition) is 6. The number of nitrogens with zero attached hydrogens (tertiary/aromatic N) is 3. The standard InChI is InChI=1S/C14H14N4O4/c1-15-12-7-13(17-8-16-12)22-9-2-3-10-11(6-9)21-5-4-18(10)14(19)20/h2-3,6-8H,4-5H2,1H3,(H,19,20)(H,15,16,17). The summed E-state index contributed by atoms with van der Waals surface area (Å²) < 4.78 is 11.1. The number of hydrogen-bond donors (Lipinski definition) is 2. The maximum Gasteiger partial charge on any atom is 0.412 e. The van der Waals surface area contributed by atoms with Crippen LogP contribution >= 0.6 is 0 Å². The third-order valence-electron chi connectivity index (χ3n) is 3.15. The number of nitrogens with one attached hydrogen (secondary N) is 1. The Bertz CT molecular complexity index is 707. The van der Waals surface area contributed by atoms with Crippen molar-refractivity contribution < 1.29 is 19.4 Å². The lowest BCUT2D eigenvalue weighted by molar-refractivity contribution is 0.196. The van der Waals surface area contributed by atoms with Crippen LogP contribution in [0.4, 0.5) is 16.3 Å². The smallest absolute Gasteiger partial charge is 0.412 e. The summed E-state index contributed by atoms with van der Waals surface area (Å²) in [5.41, 5.74) is 0.504. The van der Waals surface area contributed by atoms with Crippen LogP contribution in [-0.4, -0.2) is 41.4 Å². The Morgan fingerprint density at radius 3 is 3.05 bits per heavy atom. The van der Waals surface area contributed by atoms with Gasteiger partial charge in [-0.3, -0.25) is 4.90 Å². The highest BCUT2D eigenvalue weighted by Crippen LogP contribution is 2.36. The van der Waals surface area contributed by atoms with Gasteiger partial charge in [-0.2, -0.15) is 0 Å². The average Bonchev–Trinajstić information content (AvgIpc) is 2.54. The summed E-state index contributed by atoms with van der Waals surface area (Å²) in [5.74, 6) is 1.99. The lowest BCUT2D eigenvalue weighted by Gasteiger charge is -2.27. The molecule has 1 aliphatic heterocycles. The first-order valence-electron chi connectivity index (χ1n) is 6.62. The summed E-state index contributed by atoms with van der Waals surface area (Å²) in [6.07, 6.45) is 0.384. The van der Waals surface area contributed by atoms with E-state index in [1.807, 2.05) is 0 Å². The summed E-state index contributed by atoms with van der Waals surface area (Å²) in [5, 5.41) is 12.1. The van der Waals surface area contributed by atoms with E-state index in [-0.39, 0.29) is 0 Å². The number of benzene rings is 1. The van der Waals surface area contributed by atoms with Crippen molar-refractivity contribution in [2.45, 2.75) is 0 Å². The molecule has 0 aliphatic carbocycles. The molecule has 2 heterocycles. The fraction of sp³-hybridized carbons (Fsp3) is 0.214. The van der Waals surface area contributed by atoms with Gasteiger partial charge in [-0.25, -0.2) is 14.8 Å². The lowest BCUT2D eigenvalue weighted by atomic mass is 10.2. The fourth-order valence-corrected chi connectivity index (χ4v) is 2.12. The van der Waals surface area contributed by atoms with Crippen LogP contribution in [0, 0.1) is 0 Å². The minimum atomic E-state index is -1.01. The van der Waals surface area contributed by atoms with Crippen LogP contribution < -0.4 is 19.7 Å². The largest absolute Gasteiger partial charge is 0.489 e. The van der Waals surface area contributed by atoms with E-state index in [9.17, 15) is 4.79 Å². The van der Waals surface area contributed by atoms with Crippen molar-refractivity contribution in [2.75, 3.05) is 30.4 Å². The van der Waals surface area contributed by atoms with Crippen molar-refractivity contribution in [3.8, 4) is 17.4 Å². The van der Waals surface area contributed by atoms with Crippen LogP contribution in [0.25, 0.3) is 0 Å². The van der Waals surface area contributed by atoms with Gasteiger partial charge in [-0.15, -0.1) is 0 Å². The number of ether oxygens (including phenoxy) is 2. The molecule has 0 fully saturated rings. The van der Waals surface area contributed by atoms with Gasteiger partial charge in [0.2, 0.25) is 5.88 Å². The summed E-state index contributed by atoms with van der Waals surface area (Å²) >= 11 is 0. The molecule has 0 unspecified atom stereocenters. The van der Waals surface area contributed by atoms with E-state index in [2.05, 4.69) is 15.3 Å². The topological polar surface area (TPSA) is 96.8 Å². The van der Waals surface area contributed by atoms with Gasteiger partial charge in [0.25, 0.3) is 0 Å². The highest BCUT2D eigenvalue weighted by atomic mass is 16.5. The molecule has 0 spiro atoms. The van der Waals surface area contributed by atoms with E-state index in [1.54, 1.807) is 31.3 Å². The van der Waals surface area contributed by atoms with Crippen molar-refractivity contribution in [1.82, 2.24) is 9.97 Å². The van der Waals surface area contributed by atoms with Crippen LogP contribution in [-0.2, 0) is 0 Å². The molecule has 8 nitrogen and oxygen atoms in total. The minimum Gasteiger partial charge on any atom is -0.489 e. The normalized spacial score (nSPS) is 13.0. The molecule has 1 aromatic carbocycles. The Balaban J connectivity index is 1.85. The maximum atomic E-state index is 11.2. The summed E-state index contributed by atoms with van der Waals surface area (Å²) in [6, 6.07) is 6.62. The monoisotopic (exact) mass is 302 g/mol. The zero-order valence-corrected chi connectivity index (χ0v) is 11.8. The molecule has 0 bridgehead atoms. The first-order chi connectivity index (χ1) is 10.7. The Hall–Kier alpha value is -3.03. The highest BCUT2D eigenvalue weighted by molar-refractivity contribution is 5.89. The van der Waals surface area contributed by atoms with Gasteiger partial charge in [0.15, 0.2) is 0 Å². The zero-order chi connectivity index (χ0) is 15.5. The Morgan fingerprint density at radius 1 is 1.41 bits per heavy atom. The van der Waals surface area contributed by atoms with E-state index in [1.165, 1.54) is 11.2 Å². The SMILES string of the molecule is CNc1cc(Oc2ccc3c(c2)OCCN3C(=O)O)ncn1. The third-order valence-corrected chi connectivity index (χ3v) is 3.15. The predicted molar refractivity (Wildman–Crippen MR) is 79.0 cm³/mol. The maximum absolute atomic E-state index is 11.2. The van der Waals surface area contributed by atoms with Gasteiger partial charge >= 0.3 is 6.09 Å². The number of anilines is 2. The van der Waals surface area contributed by atoms with E-state index < -0.39 is 6.09 Å². The summed E-state index contributed by atoms with van der Waals surface area (Å²) in [6.45, 7) is 0.611. The van der Waals surface area contributed by atoms with E-state index >= 15 is 0 Å². The van der Waals surface area contributed by atoms with Crippen LogP contribution in [0.2, 0.25) is 0 Å². The Morgan fingerprint density at radius 2 is 2.27 bits per heavy atom. The molecule has 22 heavy (non-hydrogen) atoms. The van der Waals surface area contributed by atoms with Crippen LogP contribution in [0.3, 0.4) is 0 Å². The van der Waals surface area contributed by atoms with Gasteiger partial charge in [0.1, 0.15) is 30.3 Å². The quantitative estimate of drug-likeness (QED) is 0.896. The molecule has 0 saturated carbocycles. The van der Waals surface area contributed by atoms with Crippen molar-refractivity contribution in [3.05, 3.63) is 30.6 Å². The van der Waals surface area contributed by atoms with Crippen LogP contribution in [0.5, 0.6) is 17.4 Å². The first-order valence-corrected chi connectivity index (χ1v) is 6.62. The van der Waals surface area contributed by atoms with Crippen molar-refractivity contribution in [3.63, 3.8) is 0 Å². The van der Waals surface area contributed by atoms with E-state index in [4.69, 9.17) is 14.6 Å². The molecule has 114 valence electrons. The predicted octanol–water partition coefficient (Wildman–Crippen LogP) is 2.19. The zero-order valence-electron chi connectivity index (χ0n) is 11.8. The first kappa shape index (κ1) is 13.9. The molecule has 1 aliphatic rings. The number of aromatic nitrogens is 2. The molecule has 2 aromatic rings. The van der Waals surface area contributed by atoms with Crippen molar-refractivity contribution in [2.24, 2.45) is 0 Å². The number of carboxylic acid groups (broad SMARTS) is 1.